The third kappa shape index (κ3) is 4.11. The Bertz CT molecular complexity index is 698. The van der Waals surface area contributed by atoms with Crippen LogP contribution in [0.3, 0.4) is 0 Å². The molecule has 0 aliphatic carbocycles. The van der Waals surface area contributed by atoms with Crippen LogP contribution in [0.1, 0.15) is 41.6 Å². The van der Waals surface area contributed by atoms with Crippen molar-refractivity contribution < 1.29 is 9.21 Å². The monoisotopic (exact) mass is 341 g/mol. The van der Waals surface area contributed by atoms with Gasteiger partial charge in [0.1, 0.15) is 5.76 Å². The molecule has 1 fully saturated rings. The molecule has 5 nitrogen and oxygen atoms in total. The van der Waals surface area contributed by atoms with Gasteiger partial charge in [-0.25, -0.2) is 0 Å². The summed E-state index contributed by atoms with van der Waals surface area (Å²) >= 11 is 0. The van der Waals surface area contributed by atoms with Crippen LogP contribution in [0, 0.1) is 0 Å². The van der Waals surface area contributed by atoms with Gasteiger partial charge in [0.15, 0.2) is 5.76 Å². The molecular formula is C20H27N3O2. The molecule has 2 heterocycles. The van der Waals surface area contributed by atoms with Gasteiger partial charge in [-0.2, -0.15) is 0 Å². The van der Waals surface area contributed by atoms with Crippen LogP contribution >= 0.6 is 0 Å². The highest BCUT2D eigenvalue weighted by Crippen LogP contribution is 2.24. The first-order valence-electron chi connectivity index (χ1n) is 8.92. The van der Waals surface area contributed by atoms with Crippen LogP contribution in [-0.2, 0) is 13.1 Å². The van der Waals surface area contributed by atoms with E-state index in [1.54, 1.807) is 12.1 Å². The van der Waals surface area contributed by atoms with Crippen molar-refractivity contribution >= 4 is 5.91 Å². The van der Waals surface area contributed by atoms with E-state index < -0.39 is 0 Å². The lowest BCUT2D eigenvalue weighted by Crippen LogP contribution is -2.49. The van der Waals surface area contributed by atoms with Crippen molar-refractivity contribution in [3.05, 3.63) is 59.5 Å². The molecule has 1 amide bonds. The molecule has 1 aliphatic heterocycles. The normalized spacial score (nSPS) is 21.2. The standard InChI is InChI=1S/C20H27N3O2/c1-15-12-17(10-11-23(15)14-16-6-4-3-5-7-16)22(2)20(24)19-9-8-18(13-21)25-19/h3-9,15,17H,10-14,21H2,1-2H3/t15-,17+/m1/s1. The molecule has 1 aromatic carbocycles. The third-order valence-corrected chi connectivity index (χ3v) is 5.16. The average Bonchev–Trinajstić information content (AvgIpc) is 3.12. The van der Waals surface area contributed by atoms with E-state index in [0.717, 1.165) is 25.9 Å². The van der Waals surface area contributed by atoms with Crippen molar-refractivity contribution in [3.63, 3.8) is 0 Å². The predicted octanol–water partition coefficient (Wildman–Crippen LogP) is 2.86. The number of carbonyl (C=O) groups excluding carboxylic acids is 1. The Labute approximate surface area is 149 Å². The molecule has 0 spiro atoms. The summed E-state index contributed by atoms with van der Waals surface area (Å²) in [5.41, 5.74) is 6.89. The minimum Gasteiger partial charge on any atom is -0.455 e. The Balaban J connectivity index is 1.59. The van der Waals surface area contributed by atoms with Crippen molar-refractivity contribution in [2.24, 2.45) is 5.73 Å². The molecule has 5 heteroatoms. The zero-order valence-electron chi connectivity index (χ0n) is 15.0. The summed E-state index contributed by atoms with van der Waals surface area (Å²) in [4.78, 5) is 16.9. The lowest BCUT2D eigenvalue weighted by molar-refractivity contribution is 0.0511. The SMILES string of the molecule is C[C@@H]1C[C@@H](N(C)C(=O)c2ccc(CN)o2)CCN1Cc1ccccc1. The number of rotatable bonds is 5. The van der Waals surface area contributed by atoms with E-state index in [1.807, 2.05) is 18.0 Å². The number of hydrogen-bond acceptors (Lipinski definition) is 4. The summed E-state index contributed by atoms with van der Waals surface area (Å²) < 4.78 is 5.51. The van der Waals surface area contributed by atoms with Crippen molar-refractivity contribution in [1.82, 2.24) is 9.80 Å². The Morgan fingerprint density at radius 2 is 2.04 bits per heavy atom. The lowest BCUT2D eigenvalue weighted by Gasteiger charge is -2.41. The molecular weight excluding hydrogens is 314 g/mol. The van der Waals surface area contributed by atoms with Gasteiger partial charge in [-0.1, -0.05) is 30.3 Å². The number of benzene rings is 1. The predicted molar refractivity (Wildman–Crippen MR) is 98.0 cm³/mol. The number of likely N-dealkylation sites (tertiary alicyclic amines) is 1. The van der Waals surface area contributed by atoms with Crippen LogP contribution in [-0.4, -0.2) is 41.4 Å². The number of hydrogen-bond donors (Lipinski definition) is 1. The van der Waals surface area contributed by atoms with E-state index in [1.165, 1.54) is 5.56 Å². The number of nitrogens with two attached hydrogens (primary N) is 1. The van der Waals surface area contributed by atoms with Gasteiger partial charge in [0.2, 0.25) is 0 Å². The second-order valence-corrected chi connectivity index (χ2v) is 6.87. The Hall–Kier alpha value is -2.11. The first-order valence-corrected chi connectivity index (χ1v) is 8.92. The topological polar surface area (TPSA) is 62.7 Å². The van der Waals surface area contributed by atoms with E-state index in [2.05, 4.69) is 36.1 Å². The van der Waals surface area contributed by atoms with Crippen LogP contribution in [0.15, 0.2) is 46.9 Å². The second kappa shape index (κ2) is 7.85. The van der Waals surface area contributed by atoms with Crippen LogP contribution in [0.25, 0.3) is 0 Å². The highest BCUT2D eigenvalue weighted by atomic mass is 16.4. The minimum absolute atomic E-state index is 0.0617. The molecule has 2 N–H and O–H groups in total. The highest BCUT2D eigenvalue weighted by molar-refractivity contribution is 5.91. The average molecular weight is 341 g/mol. The number of carbonyl (C=O) groups is 1. The largest absolute Gasteiger partial charge is 0.455 e. The quantitative estimate of drug-likeness (QED) is 0.908. The van der Waals surface area contributed by atoms with Crippen LogP contribution in [0.5, 0.6) is 0 Å². The summed E-state index contributed by atoms with van der Waals surface area (Å²) in [5, 5.41) is 0. The zero-order valence-corrected chi connectivity index (χ0v) is 15.0. The first kappa shape index (κ1) is 17.7. The van der Waals surface area contributed by atoms with E-state index in [4.69, 9.17) is 10.2 Å². The molecule has 3 rings (SSSR count). The van der Waals surface area contributed by atoms with E-state index in [-0.39, 0.29) is 11.9 Å². The van der Waals surface area contributed by atoms with E-state index in [9.17, 15) is 4.79 Å². The minimum atomic E-state index is -0.0617. The van der Waals surface area contributed by atoms with Gasteiger partial charge in [-0.3, -0.25) is 9.69 Å². The lowest BCUT2D eigenvalue weighted by atomic mass is 9.96. The summed E-state index contributed by atoms with van der Waals surface area (Å²) in [6, 6.07) is 14.7. The Morgan fingerprint density at radius 3 is 2.68 bits per heavy atom. The number of piperidine rings is 1. The summed E-state index contributed by atoms with van der Waals surface area (Å²) in [6.07, 6.45) is 1.95. The molecule has 2 atom stereocenters. The fourth-order valence-corrected chi connectivity index (χ4v) is 3.54. The summed E-state index contributed by atoms with van der Waals surface area (Å²) in [7, 11) is 1.87. The molecule has 0 saturated carbocycles. The molecule has 0 radical (unpaired) electrons. The molecule has 1 aliphatic rings. The molecule has 2 aromatic rings. The zero-order chi connectivity index (χ0) is 17.8. The molecule has 1 saturated heterocycles. The number of furan rings is 1. The van der Waals surface area contributed by atoms with E-state index in [0.29, 0.717) is 24.1 Å². The summed E-state index contributed by atoms with van der Waals surface area (Å²) in [5.74, 6) is 0.957. The highest BCUT2D eigenvalue weighted by Gasteiger charge is 2.31. The van der Waals surface area contributed by atoms with Gasteiger partial charge in [-0.05, 0) is 37.5 Å². The van der Waals surface area contributed by atoms with Crippen molar-refractivity contribution in [1.29, 1.82) is 0 Å². The van der Waals surface area contributed by atoms with Crippen molar-refractivity contribution in [2.75, 3.05) is 13.6 Å². The molecule has 134 valence electrons. The Morgan fingerprint density at radius 1 is 1.28 bits per heavy atom. The van der Waals surface area contributed by atoms with Crippen LogP contribution in [0.2, 0.25) is 0 Å². The van der Waals surface area contributed by atoms with Gasteiger partial charge in [0.05, 0.1) is 6.54 Å². The second-order valence-electron chi connectivity index (χ2n) is 6.87. The first-order chi connectivity index (χ1) is 12.1. The van der Waals surface area contributed by atoms with Crippen LogP contribution in [0.4, 0.5) is 0 Å². The van der Waals surface area contributed by atoms with Gasteiger partial charge in [-0.15, -0.1) is 0 Å². The smallest absolute Gasteiger partial charge is 0.289 e. The maximum Gasteiger partial charge on any atom is 0.289 e. The number of amides is 1. The maximum atomic E-state index is 12.6. The summed E-state index contributed by atoms with van der Waals surface area (Å²) in [6.45, 7) is 4.51. The fourth-order valence-electron chi connectivity index (χ4n) is 3.54. The van der Waals surface area contributed by atoms with Crippen LogP contribution < -0.4 is 5.73 Å². The van der Waals surface area contributed by atoms with Crippen molar-refractivity contribution in [2.45, 2.75) is 44.9 Å². The van der Waals surface area contributed by atoms with Gasteiger partial charge >= 0.3 is 0 Å². The molecule has 1 aromatic heterocycles. The van der Waals surface area contributed by atoms with Crippen molar-refractivity contribution in [3.8, 4) is 0 Å². The molecule has 0 bridgehead atoms. The third-order valence-electron chi connectivity index (χ3n) is 5.16. The molecule has 25 heavy (non-hydrogen) atoms. The number of nitrogens with zero attached hydrogens (tertiary/aromatic N) is 2. The van der Waals surface area contributed by atoms with Gasteiger partial charge < -0.3 is 15.1 Å². The van der Waals surface area contributed by atoms with Gasteiger partial charge in [0, 0.05) is 32.2 Å². The van der Waals surface area contributed by atoms with E-state index >= 15 is 0 Å². The fraction of sp³-hybridized carbons (Fsp3) is 0.450. The maximum absolute atomic E-state index is 12.6. The molecule has 0 unspecified atom stereocenters. The Kier molecular flexibility index (Phi) is 5.56. The van der Waals surface area contributed by atoms with Gasteiger partial charge in [0.25, 0.3) is 5.91 Å².